The van der Waals surface area contributed by atoms with Gasteiger partial charge in [0, 0.05) is 126 Å². The molecular weight excluding hydrogens is 791 g/mol. The van der Waals surface area contributed by atoms with Crippen LogP contribution in [0.15, 0.2) is 107 Å². The van der Waals surface area contributed by atoms with Crippen LogP contribution in [0.4, 0.5) is 58.4 Å². The van der Waals surface area contributed by atoms with Gasteiger partial charge < -0.3 is 32.7 Å². The second-order valence-electron chi connectivity index (χ2n) is 10.7. The van der Waals surface area contributed by atoms with Crippen molar-refractivity contribution in [2.75, 3.05) is 32.7 Å². The summed E-state index contributed by atoms with van der Waals surface area (Å²) in [6, 6.07) is 26.0. The van der Waals surface area contributed by atoms with Gasteiger partial charge in [-0.15, -0.1) is 0 Å². The minimum atomic E-state index is -4.81. The van der Waals surface area contributed by atoms with E-state index in [1.54, 1.807) is 24.3 Å². The predicted octanol–water partition coefficient (Wildman–Crippen LogP) is 4.10. The predicted molar refractivity (Wildman–Crippen MR) is 207 cm³/mol. The summed E-state index contributed by atoms with van der Waals surface area (Å²) < 4.78 is 69.8. The molecule has 4 aromatic carbocycles. The first-order chi connectivity index (χ1) is 24.8. The Morgan fingerprint density at radius 2 is 0.778 bits per heavy atom. The number of nitrogens with zero attached hydrogens (tertiary/aromatic N) is 6. The Labute approximate surface area is 394 Å². The first kappa shape index (κ1) is 43.3. The molecule has 0 aliphatic carbocycles. The van der Waals surface area contributed by atoms with Gasteiger partial charge in [-0.2, -0.15) is 46.7 Å². The molecule has 18 nitrogen and oxygen atoms in total. The number of hydrogen-bond donors (Lipinski definition) is 8. The minimum Gasteiger partial charge on any atom is -0.368 e. The summed E-state index contributed by atoms with van der Waals surface area (Å²) in [7, 11) is -9.62. The molecule has 266 valence electrons. The van der Waals surface area contributed by atoms with E-state index in [9.17, 15) is 25.9 Å². The molecule has 0 spiro atoms. The molecule has 6 rings (SSSR count). The van der Waals surface area contributed by atoms with Crippen LogP contribution in [0.1, 0.15) is 11.1 Å². The van der Waals surface area contributed by atoms with Crippen LogP contribution in [0.5, 0.6) is 0 Å². The topological polar surface area (TPSA) is 286 Å². The van der Waals surface area contributed by atoms with Gasteiger partial charge >= 0.3 is 0 Å². The molecule has 2 aromatic heterocycles. The number of anilines is 10. The summed E-state index contributed by atoms with van der Waals surface area (Å²) >= 11 is 0. The zero-order chi connectivity index (χ0) is 36.9. The van der Waals surface area contributed by atoms with E-state index in [0.29, 0.717) is 11.4 Å². The van der Waals surface area contributed by atoms with Crippen LogP contribution in [0.2, 0.25) is 0 Å². The zero-order valence-electron chi connectivity index (χ0n) is 28.6. The SMILES string of the molecule is Nc1nc(Nc2ccccc2)nc(Nc2ccc(C=Cc3ccc(Nc4nc(N)nc(Nc5ccccc5)n4)cc3S(=O)(=O)O)c(S(=O)(=O)O)c2)n1.[K].[K]. The summed E-state index contributed by atoms with van der Waals surface area (Å²) in [4.78, 5) is 23.6. The van der Waals surface area contributed by atoms with E-state index in [1.165, 1.54) is 36.4 Å². The Balaban J connectivity index is 0.00000325. The fourth-order valence-electron chi connectivity index (χ4n) is 4.69. The van der Waals surface area contributed by atoms with Crippen molar-refractivity contribution in [1.82, 2.24) is 29.9 Å². The van der Waals surface area contributed by atoms with Crippen LogP contribution >= 0.6 is 0 Å². The van der Waals surface area contributed by atoms with E-state index in [0.717, 1.165) is 12.1 Å². The molecular formula is C32H28K2N12O6S2. The van der Waals surface area contributed by atoms with Crippen LogP contribution < -0.4 is 32.7 Å². The van der Waals surface area contributed by atoms with Gasteiger partial charge in [-0.1, -0.05) is 60.7 Å². The molecule has 0 saturated carbocycles. The Hall–Kier alpha value is -3.47. The fraction of sp³-hybridized carbons (Fsp3) is 0. The van der Waals surface area contributed by atoms with E-state index < -0.39 is 30.0 Å². The summed E-state index contributed by atoms with van der Waals surface area (Å²) in [5.74, 6) is -0.0500. The third-order valence-electron chi connectivity index (χ3n) is 6.90. The van der Waals surface area contributed by atoms with Crippen molar-refractivity contribution >= 4 is 194 Å². The van der Waals surface area contributed by atoms with Crippen LogP contribution in [0.25, 0.3) is 12.2 Å². The second-order valence-corrected chi connectivity index (χ2v) is 13.5. The zero-order valence-corrected chi connectivity index (χ0v) is 36.5. The van der Waals surface area contributed by atoms with Gasteiger partial charge in [0.05, 0.1) is 0 Å². The van der Waals surface area contributed by atoms with Crippen molar-refractivity contribution in [3.05, 3.63) is 108 Å². The summed E-state index contributed by atoms with van der Waals surface area (Å²) in [5.41, 5.74) is 13.4. The van der Waals surface area contributed by atoms with Gasteiger partial charge in [-0.3, -0.25) is 9.11 Å². The van der Waals surface area contributed by atoms with Crippen molar-refractivity contribution in [1.29, 1.82) is 0 Å². The average molecular weight is 819 g/mol. The first-order valence-corrected chi connectivity index (χ1v) is 17.8. The fourth-order valence-corrected chi connectivity index (χ4v) is 6.11. The molecule has 54 heavy (non-hydrogen) atoms. The van der Waals surface area contributed by atoms with Gasteiger partial charge in [0.25, 0.3) is 20.2 Å². The van der Waals surface area contributed by atoms with E-state index in [-0.39, 0.29) is 161 Å². The quantitative estimate of drug-likeness (QED) is 0.0490. The molecule has 0 aliphatic heterocycles. The molecule has 2 heterocycles. The molecule has 22 heteroatoms. The Bertz CT molecular complexity index is 2350. The van der Waals surface area contributed by atoms with Crippen molar-refractivity contribution in [3.8, 4) is 0 Å². The Morgan fingerprint density at radius 1 is 0.463 bits per heavy atom. The van der Waals surface area contributed by atoms with Crippen LogP contribution in [-0.4, -0.2) is 159 Å². The first-order valence-electron chi connectivity index (χ1n) is 14.9. The second kappa shape index (κ2) is 18.9. The van der Waals surface area contributed by atoms with Crippen LogP contribution in [0.3, 0.4) is 0 Å². The normalized spacial score (nSPS) is 11.2. The Kier molecular flexibility index (Phi) is 15.2. The maximum absolute atomic E-state index is 12.4. The molecule has 0 aliphatic rings. The van der Waals surface area contributed by atoms with Crippen molar-refractivity contribution in [2.45, 2.75) is 9.79 Å². The van der Waals surface area contributed by atoms with Gasteiger partial charge in [-0.05, 0) is 59.7 Å². The molecule has 0 amide bonds. The number of benzene rings is 4. The van der Waals surface area contributed by atoms with Gasteiger partial charge in [0.2, 0.25) is 35.7 Å². The number of rotatable bonds is 12. The van der Waals surface area contributed by atoms with Crippen LogP contribution in [0, 0.1) is 0 Å². The number of nitrogen functional groups attached to an aromatic ring is 2. The molecule has 0 atom stereocenters. The largest absolute Gasteiger partial charge is 0.368 e. The monoisotopic (exact) mass is 818 g/mol. The number of aromatic nitrogens is 6. The number of nitrogens with two attached hydrogens (primary N) is 2. The van der Waals surface area contributed by atoms with E-state index in [1.807, 2.05) is 36.4 Å². The van der Waals surface area contributed by atoms with Gasteiger partial charge in [-0.25, -0.2) is 0 Å². The van der Waals surface area contributed by atoms with E-state index in [2.05, 4.69) is 51.2 Å². The third-order valence-corrected chi connectivity index (χ3v) is 8.72. The summed E-state index contributed by atoms with van der Waals surface area (Å²) in [6.07, 6.45) is 2.50. The van der Waals surface area contributed by atoms with Gasteiger partial charge in [0.15, 0.2) is 0 Å². The standard InChI is InChI=1S/C32H28N12O6S2.2K/c33-27-39-29(35-21-7-3-1-4-8-21)43-31(41-27)37-23-15-13-19(25(17-23)51(45,46)47)11-12-20-14-16-24(18-26(20)52(48,49)50)38-32-42-28(34)40-30(44-32)36-22-9-5-2-6-10-22;;/h1-18H,(H,45,46,47)(H,48,49,50)(H4,33,35,37,39,41,43)(H4,34,36,38,40,42,44);;. The van der Waals surface area contributed by atoms with Gasteiger partial charge in [0.1, 0.15) is 9.79 Å². The molecule has 2 radical (unpaired) electrons. The van der Waals surface area contributed by atoms with Crippen molar-refractivity contribution in [2.24, 2.45) is 0 Å². The van der Waals surface area contributed by atoms with Crippen LogP contribution in [-0.2, 0) is 20.2 Å². The summed E-state index contributed by atoms with van der Waals surface area (Å²) in [5, 5.41) is 11.6. The minimum absolute atomic E-state index is 0. The third kappa shape index (κ3) is 12.0. The maximum Gasteiger partial charge on any atom is 0.295 e. The van der Waals surface area contributed by atoms with Crippen molar-refractivity contribution < 1.29 is 25.9 Å². The summed E-state index contributed by atoms with van der Waals surface area (Å²) in [6.45, 7) is 0. The van der Waals surface area contributed by atoms with E-state index >= 15 is 0 Å². The number of para-hydroxylation sites is 2. The Morgan fingerprint density at radius 3 is 1.09 bits per heavy atom. The molecule has 6 aromatic rings. The number of nitrogens with one attached hydrogen (secondary N) is 4. The molecule has 0 fully saturated rings. The molecule has 0 bridgehead atoms. The molecule has 0 unspecified atom stereocenters. The van der Waals surface area contributed by atoms with E-state index in [4.69, 9.17) is 11.5 Å². The van der Waals surface area contributed by atoms with Crippen molar-refractivity contribution in [3.63, 3.8) is 0 Å². The molecule has 10 N–H and O–H groups in total. The molecule has 0 saturated heterocycles. The average Bonchev–Trinajstić information content (AvgIpc) is 3.07. The number of hydrogen-bond acceptors (Lipinski definition) is 16. The smallest absolute Gasteiger partial charge is 0.295 e. The maximum atomic E-state index is 12.4.